The van der Waals surface area contributed by atoms with Crippen LogP contribution in [-0.4, -0.2) is 31.5 Å². The molecule has 1 fully saturated rings. The molecule has 0 aromatic heterocycles. The molecule has 23 heavy (non-hydrogen) atoms. The Balaban J connectivity index is 1.70. The lowest BCUT2D eigenvalue weighted by atomic mass is 10.1. The van der Waals surface area contributed by atoms with Crippen molar-refractivity contribution in [3.8, 4) is 5.75 Å². The van der Waals surface area contributed by atoms with E-state index in [2.05, 4.69) is 5.32 Å². The Kier molecular flexibility index (Phi) is 4.28. The maximum atomic E-state index is 12.4. The van der Waals surface area contributed by atoms with Crippen molar-refractivity contribution in [2.75, 3.05) is 18.6 Å². The average molecular weight is 310 g/mol. The molecule has 1 heterocycles. The van der Waals surface area contributed by atoms with Crippen LogP contribution in [0.25, 0.3) is 0 Å². The molecule has 5 heteroatoms. The Bertz CT molecular complexity index is 715. The molecular formula is C18H18N2O3. The monoisotopic (exact) mass is 310 g/mol. The quantitative estimate of drug-likeness (QED) is 0.942. The van der Waals surface area contributed by atoms with Crippen LogP contribution >= 0.6 is 0 Å². The number of ether oxygens (including phenoxy) is 1. The highest BCUT2D eigenvalue weighted by Crippen LogP contribution is 2.22. The van der Waals surface area contributed by atoms with Gasteiger partial charge in [0.05, 0.1) is 18.7 Å². The van der Waals surface area contributed by atoms with E-state index in [1.807, 2.05) is 36.4 Å². The summed E-state index contributed by atoms with van der Waals surface area (Å²) in [6, 6.07) is 16.3. The van der Waals surface area contributed by atoms with Gasteiger partial charge in [-0.15, -0.1) is 0 Å². The molecule has 0 saturated carbocycles. The first kappa shape index (κ1) is 15.1. The van der Waals surface area contributed by atoms with Crippen LogP contribution in [0.2, 0.25) is 0 Å². The van der Waals surface area contributed by atoms with Crippen LogP contribution in [0, 0.1) is 0 Å². The smallest absolute Gasteiger partial charge is 0.255 e. The summed E-state index contributed by atoms with van der Waals surface area (Å²) in [5.74, 6) is 0.311. The van der Waals surface area contributed by atoms with Gasteiger partial charge in [0.1, 0.15) is 5.75 Å². The molecule has 2 aromatic rings. The minimum atomic E-state index is -0.227. The first-order valence-electron chi connectivity index (χ1n) is 7.48. The molecule has 1 N–H and O–H groups in total. The molecule has 3 rings (SSSR count). The molecule has 0 radical (unpaired) electrons. The van der Waals surface area contributed by atoms with Crippen molar-refractivity contribution >= 4 is 17.5 Å². The van der Waals surface area contributed by atoms with Crippen LogP contribution in [0.3, 0.4) is 0 Å². The SMILES string of the molecule is COc1ccccc1C(=O)N[C@@H]1CC(=O)N(c2ccccc2)C1. The summed E-state index contributed by atoms with van der Waals surface area (Å²) in [5.41, 5.74) is 1.33. The van der Waals surface area contributed by atoms with Crippen LogP contribution in [0.4, 0.5) is 5.69 Å². The molecule has 1 aliphatic rings. The number of nitrogens with zero attached hydrogens (tertiary/aromatic N) is 1. The standard InChI is InChI=1S/C18H18N2O3/c1-23-16-10-6-5-9-15(16)18(22)19-13-11-17(21)20(12-13)14-7-3-2-4-8-14/h2-10,13H,11-12H2,1H3,(H,19,22)/t13-/m1/s1. The summed E-state index contributed by atoms with van der Waals surface area (Å²) in [5, 5.41) is 2.92. The molecule has 1 aliphatic heterocycles. The number of carbonyl (C=O) groups excluding carboxylic acids is 2. The lowest BCUT2D eigenvalue weighted by Crippen LogP contribution is -2.37. The van der Waals surface area contributed by atoms with E-state index in [4.69, 9.17) is 4.74 Å². The van der Waals surface area contributed by atoms with Crippen LogP contribution in [0.1, 0.15) is 16.8 Å². The van der Waals surface area contributed by atoms with Crippen molar-refractivity contribution in [2.45, 2.75) is 12.5 Å². The van der Waals surface area contributed by atoms with Gasteiger partial charge in [-0.2, -0.15) is 0 Å². The number of carbonyl (C=O) groups is 2. The predicted molar refractivity (Wildman–Crippen MR) is 87.7 cm³/mol. The van der Waals surface area contributed by atoms with Crippen molar-refractivity contribution in [1.29, 1.82) is 0 Å². The van der Waals surface area contributed by atoms with Crippen LogP contribution in [0.5, 0.6) is 5.75 Å². The van der Waals surface area contributed by atoms with Crippen molar-refractivity contribution in [2.24, 2.45) is 0 Å². The number of hydrogen-bond acceptors (Lipinski definition) is 3. The summed E-state index contributed by atoms with van der Waals surface area (Å²) < 4.78 is 5.20. The maximum absolute atomic E-state index is 12.4. The minimum absolute atomic E-state index is 0.0153. The van der Waals surface area contributed by atoms with Crippen LogP contribution in [0.15, 0.2) is 54.6 Å². The lowest BCUT2D eigenvalue weighted by molar-refractivity contribution is -0.117. The Labute approximate surface area is 134 Å². The van der Waals surface area contributed by atoms with E-state index in [0.29, 0.717) is 24.3 Å². The molecule has 5 nitrogen and oxygen atoms in total. The summed E-state index contributed by atoms with van der Waals surface area (Å²) in [7, 11) is 1.53. The van der Waals surface area contributed by atoms with Gasteiger partial charge in [-0.25, -0.2) is 0 Å². The van der Waals surface area contributed by atoms with Gasteiger partial charge in [0, 0.05) is 18.7 Å². The summed E-state index contributed by atoms with van der Waals surface area (Å²) in [6.45, 7) is 0.476. The van der Waals surface area contributed by atoms with Gasteiger partial charge in [0.15, 0.2) is 0 Å². The van der Waals surface area contributed by atoms with Gasteiger partial charge in [0.2, 0.25) is 5.91 Å². The fourth-order valence-electron chi connectivity index (χ4n) is 2.76. The van der Waals surface area contributed by atoms with Crippen LogP contribution in [-0.2, 0) is 4.79 Å². The maximum Gasteiger partial charge on any atom is 0.255 e. The molecule has 0 bridgehead atoms. The van der Waals surface area contributed by atoms with Gasteiger partial charge in [-0.3, -0.25) is 9.59 Å². The number of benzene rings is 2. The Hall–Kier alpha value is -2.82. The number of nitrogens with one attached hydrogen (secondary N) is 1. The van der Waals surface area contributed by atoms with Gasteiger partial charge < -0.3 is 15.0 Å². The number of amides is 2. The summed E-state index contributed by atoms with van der Waals surface area (Å²) >= 11 is 0. The second kappa shape index (κ2) is 6.52. The normalized spacial score (nSPS) is 17.2. The van der Waals surface area contributed by atoms with E-state index >= 15 is 0 Å². The van der Waals surface area contributed by atoms with Crippen molar-refractivity contribution in [3.63, 3.8) is 0 Å². The van der Waals surface area contributed by atoms with Crippen molar-refractivity contribution < 1.29 is 14.3 Å². The number of para-hydroxylation sites is 2. The van der Waals surface area contributed by atoms with E-state index in [1.54, 1.807) is 23.1 Å². The summed E-state index contributed by atoms with van der Waals surface area (Å²) in [6.07, 6.45) is 0.301. The zero-order valence-electron chi connectivity index (χ0n) is 12.9. The largest absolute Gasteiger partial charge is 0.496 e. The van der Waals surface area contributed by atoms with Gasteiger partial charge in [0.25, 0.3) is 5.91 Å². The van der Waals surface area contributed by atoms with E-state index in [-0.39, 0.29) is 17.9 Å². The van der Waals surface area contributed by atoms with Gasteiger partial charge >= 0.3 is 0 Å². The highest BCUT2D eigenvalue weighted by Gasteiger charge is 2.32. The highest BCUT2D eigenvalue weighted by atomic mass is 16.5. The topological polar surface area (TPSA) is 58.6 Å². The number of anilines is 1. The third-order valence-corrected chi connectivity index (χ3v) is 3.88. The second-order valence-electron chi connectivity index (χ2n) is 5.41. The average Bonchev–Trinajstić information content (AvgIpc) is 2.95. The fourth-order valence-corrected chi connectivity index (χ4v) is 2.76. The van der Waals surface area contributed by atoms with E-state index in [0.717, 1.165) is 5.69 Å². The van der Waals surface area contributed by atoms with Crippen molar-refractivity contribution in [3.05, 3.63) is 60.2 Å². The van der Waals surface area contributed by atoms with E-state index in [1.165, 1.54) is 7.11 Å². The molecule has 0 unspecified atom stereocenters. The van der Waals surface area contributed by atoms with Gasteiger partial charge in [-0.1, -0.05) is 30.3 Å². The fraction of sp³-hybridized carbons (Fsp3) is 0.222. The number of rotatable bonds is 4. The van der Waals surface area contributed by atoms with E-state index < -0.39 is 0 Å². The lowest BCUT2D eigenvalue weighted by Gasteiger charge is -2.17. The molecule has 0 spiro atoms. The Morgan fingerprint density at radius 2 is 1.83 bits per heavy atom. The van der Waals surface area contributed by atoms with Crippen molar-refractivity contribution in [1.82, 2.24) is 5.32 Å². The molecule has 0 aliphatic carbocycles. The molecule has 2 amide bonds. The number of methoxy groups -OCH3 is 1. The highest BCUT2D eigenvalue weighted by molar-refractivity contribution is 6.00. The zero-order valence-corrected chi connectivity index (χ0v) is 12.9. The zero-order chi connectivity index (χ0) is 16.2. The Morgan fingerprint density at radius 3 is 2.57 bits per heavy atom. The molecule has 1 saturated heterocycles. The minimum Gasteiger partial charge on any atom is -0.496 e. The molecule has 1 atom stereocenters. The van der Waals surface area contributed by atoms with Gasteiger partial charge in [-0.05, 0) is 24.3 Å². The molecule has 118 valence electrons. The molecule has 2 aromatic carbocycles. The first-order valence-corrected chi connectivity index (χ1v) is 7.48. The first-order chi connectivity index (χ1) is 11.2. The van der Waals surface area contributed by atoms with Crippen LogP contribution < -0.4 is 15.0 Å². The summed E-state index contributed by atoms with van der Waals surface area (Å²) in [4.78, 5) is 26.3. The third-order valence-electron chi connectivity index (χ3n) is 3.88. The van der Waals surface area contributed by atoms with E-state index in [9.17, 15) is 9.59 Å². The molecular weight excluding hydrogens is 292 g/mol. The number of hydrogen-bond donors (Lipinski definition) is 1. The Morgan fingerprint density at radius 1 is 1.13 bits per heavy atom. The second-order valence-corrected chi connectivity index (χ2v) is 5.41. The third kappa shape index (κ3) is 3.18. The predicted octanol–water partition coefficient (Wildman–Crippen LogP) is 2.23.